The molecule has 0 amide bonds. The second-order valence-corrected chi connectivity index (χ2v) is 8.28. The molecule has 2 nitrogen and oxygen atoms in total. The first-order valence-corrected chi connectivity index (χ1v) is 10.4. The van der Waals surface area contributed by atoms with Gasteiger partial charge in [0.15, 0.2) is 23.0 Å². The van der Waals surface area contributed by atoms with E-state index < -0.39 is 7.81 Å². The fraction of sp³-hybridized carbons (Fsp3) is 0.150. The second-order valence-electron chi connectivity index (χ2n) is 6.36. The molecule has 10 heteroatoms. The molecule has 0 saturated carbocycles. The van der Waals surface area contributed by atoms with Crippen LogP contribution in [0.3, 0.4) is 0 Å². The van der Waals surface area contributed by atoms with Crippen molar-refractivity contribution in [3.8, 4) is 23.0 Å². The van der Waals surface area contributed by atoms with Crippen molar-refractivity contribution in [2.45, 2.75) is 20.8 Å². The Kier molecular flexibility index (Phi) is 7.61. The zero-order chi connectivity index (χ0) is 21.9. The third kappa shape index (κ3) is 9.31. The Balaban J connectivity index is 0.000000288. The van der Waals surface area contributed by atoms with E-state index in [1.807, 2.05) is 61.9 Å². The van der Waals surface area contributed by atoms with Gasteiger partial charge >= 0.3 is 52.5 Å². The monoisotopic (exact) mass is 538 g/mol. The maximum atomic E-state index is 9.87. The summed E-state index contributed by atoms with van der Waals surface area (Å²) in [4.78, 5) is 0. The van der Waals surface area contributed by atoms with Crippen LogP contribution in [0.5, 0.6) is 23.0 Å². The van der Waals surface area contributed by atoms with Crippen molar-refractivity contribution in [1.29, 1.82) is 0 Å². The number of fused-ring (bicyclic) bond motifs is 2. The van der Waals surface area contributed by atoms with Crippen molar-refractivity contribution < 1.29 is 54.1 Å². The van der Waals surface area contributed by atoms with Gasteiger partial charge < -0.3 is 9.47 Å². The first kappa shape index (κ1) is 26.2. The zero-order valence-electron chi connectivity index (χ0n) is 16.2. The third-order valence-corrected chi connectivity index (χ3v) is 3.80. The zero-order valence-corrected chi connectivity index (χ0v) is 18.8. The van der Waals surface area contributed by atoms with E-state index in [9.17, 15) is 25.2 Å². The number of aryl methyl sites for hydroxylation is 2. The molecule has 1 aliphatic carbocycles. The molecule has 2 radical (unpaired) electrons. The number of benzene rings is 2. The molecule has 0 unspecified atom stereocenters. The summed E-state index contributed by atoms with van der Waals surface area (Å²) in [7, 11) is -10.7. The van der Waals surface area contributed by atoms with Crippen LogP contribution in [-0.2, 0) is 19.5 Å². The minimum absolute atomic E-state index is 0. The molecule has 0 bridgehead atoms. The van der Waals surface area contributed by atoms with Gasteiger partial charge in [-0.2, -0.15) is 0 Å². The van der Waals surface area contributed by atoms with Crippen LogP contribution in [0.1, 0.15) is 16.7 Å². The van der Waals surface area contributed by atoms with Gasteiger partial charge in [-0.1, -0.05) is 42.5 Å². The van der Waals surface area contributed by atoms with Gasteiger partial charge in [-0.25, -0.2) is 0 Å². The van der Waals surface area contributed by atoms with E-state index in [-0.39, 0.29) is 19.5 Å². The molecule has 0 fully saturated rings. The third-order valence-electron chi connectivity index (χ3n) is 3.80. The van der Waals surface area contributed by atoms with E-state index >= 15 is 0 Å². The predicted octanol–water partition coefficient (Wildman–Crippen LogP) is 9.21. The summed E-state index contributed by atoms with van der Waals surface area (Å²) in [6.07, 6.45) is 10.0. The van der Waals surface area contributed by atoms with E-state index in [1.165, 1.54) is 5.56 Å². The fourth-order valence-electron chi connectivity index (χ4n) is 2.35. The first-order chi connectivity index (χ1) is 13.1. The van der Waals surface area contributed by atoms with Crippen molar-refractivity contribution >= 4 is 7.81 Å². The van der Waals surface area contributed by atoms with Crippen LogP contribution in [0.25, 0.3) is 0 Å². The molecule has 0 saturated heterocycles. The molecule has 1 heterocycles. The van der Waals surface area contributed by atoms with Gasteiger partial charge in [-0.05, 0) is 49.6 Å². The average Bonchev–Trinajstić information content (AvgIpc) is 3.15. The maximum absolute atomic E-state index is 10.7. The van der Waals surface area contributed by atoms with Crippen LogP contribution in [0.4, 0.5) is 25.2 Å². The second kappa shape index (κ2) is 8.72. The van der Waals surface area contributed by atoms with Gasteiger partial charge in [0.25, 0.3) is 0 Å². The van der Waals surface area contributed by atoms with Crippen LogP contribution < -0.4 is 9.47 Å². The Bertz CT molecular complexity index is 948. The summed E-state index contributed by atoms with van der Waals surface area (Å²) < 4.78 is 71.1. The number of hydrogen-bond acceptors (Lipinski definition) is 2. The van der Waals surface area contributed by atoms with Crippen molar-refractivity contribution in [1.82, 2.24) is 0 Å². The largest absolute Gasteiger partial charge is 1.00 e. The van der Waals surface area contributed by atoms with Crippen LogP contribution >= 0.6 is 7.81 Å². The Hall–Kier alpha value is -1.85. The predicted molar refractivity (Wildman–Crippen MR) is 103 cm³/mol. The van der Waals surface area contributed by atoms with E-state index in [2.05, 4.69) is 19.9 Å². The van der Waals surface area contributed by atoms with E-state index in [4.69, 9.17) is 9.47 Å². The SMILES string of the molecule is Cc1ccc2c(c1C)Oc1c(C)cccc1O2.F[P-](F)(F)(F)(F)F.[CH]1C=CC=C1.[Ru+]. The van der Waals surface area contributed by atoms with Crippen LogP contribution in [0.2, 0.25) is 0 Å². The number of halogens is 6. The molecule has 0 atom stereocenters. The molecule has 30 heavy (non-hydrogen) atoms. The van der Waals surface area contributed by atoms with Gasteiger partial charge in [-0.15, -0.1) is 0 Å². The van der Waals surface area contributed by atoms with Crippen molar-refractivity contribution in [2.75, 3.05) is 0 Å². The van der Waals surface area contributed by atoms with Gasteiger partial charge in [0.2, 0.25) is 0 Å². The van der Waals surface area contributed by atoms with Crippen LogP contribution in [0, 0.1) is 27.2 Å². The number of allylic oxidation sites excluding steroid dienone is 4. The fourth-order valence-corrected chi connectivity index (χ4v) is 2.35. The Morgan fingerprint density at radius 2 is 1.17 bits per heavy atom. The first-order valence-electron chi connectivity index (χ1n) is 8.40. The van der Waals surface area contributed by atoms with Gasteiger partial charge in [0.05, 0.1) is 0 Å². The molecule has 0 aromatic heterocycles. The molecule has 166 valence electrons. The van der Waals surface area contributed by atoms with Crippen molar-refractivity contribution in [2.24, 2.45) is 0 Å². The molecular weight excluding hydrogens is 518 g/mol. The average molecular weight is 537 g/mol. The number of para-hydroxylation sites is 1. The summed E-state index contributed by atoms with van der Waals surface area (Å²) >= 11 is 0. The van der Waals surface area contributed by atoms with E-state index in [0.29, 0.717) is 0 Å². The van der Waals surface area contributed by atoms with E-state index in [0.717, 1.165) is 34.1 Å². The molecule has 2 aliphatic rings. The Morgan fingerprint density at radius 3 is 1.67 bits per heavy atom. The number of rotatable bonds is 0. The number of ether oxygens (including phenoxy) is 2. The van der Waals surface area contributed by atoms with Gasteiger partial charge in [-0.3, -0.25) is 0 Å². The Morgan fingerprint density at radius 1 is 0.633 bits per heavy atom. The van der Waals surface area contributed by atoms with Gasteiger partial charge in [0, 0.05) is 6.42 Å². The van der Waals surface area contributed by atoms with Crippen molar-refractivity contribution in [3.05, 3.63) is 77.7 Å². The maximum Gasteiger partial charge on any atom is 1.00 e. The topological polar surface area (TPSA) is 18.5 Å². The van der Waals surface area contributed by atoms with Crippen LogP contribution in [0.15, 0.2) is 54.6 Å². The van der Waals surface area contributed by atoms with E-state index in [1.54, 1.807) is 0 Å². The molecule has 0 N–H and O–H groups in total. The minimum atomic E-state index is -10.7. The normalized spacial score (nSPS) is 15.2. The minimum Gasteiger partial charge on any atom is -0.0767 e. The van der Waals surface area contributed by atoms with Crippen LogP contribution in [-0.4, -0.2) is 0 Å². The molecule has 2 aromatic rings. The molecule has 0 spiro atoms. The quantitative estimate of drug-likeness (QED) is 0.162. The molecule has 4 rings (SSSR count). The standard InChI is InChI=1S/C15H14O2.C5H5.F6P.Ru/c1-9-7-8-13-15(11(9)3)17-14-10(2)5-4-6-12(14)16-13;1-2-4-5-3-1;1-7(2,3,4,5)6;/h4-8H,1-3H3;1-5H;;/q;;-1;+1. The summed E-state index contributed by atoms with van der Waals surface area (Å²) in [5.74, 6) is 3.26. The molecule has 1 aliphatic heterocycles. The van der Waals surface area contributed by atoms with Gasteiger partial charge in [0.1, 0.15) is 0 Å². The molecule has 2 aromatic carbocycles. The summed E-state index contributed by atoms with van der Waals surface area (Å²) in [6, 6.07) is 9.95. The number of hydrogen-bond donors (Lipinski definition) is 0. The smallest absolute Gasteiger partial charge is 0.0767 e. The molecular formula is C20H19F6O2PRu. The van der Waals surface area contributed by atoms with Crippen molar-refractivity contribution in [3.63, 3.8) is 0 Å². The summed E-state index contributed by atoms with van der Waals surface area (Å²) in [5, 5.41) is 0. The summed E-state index contributed by atoms with van der Waals surface area (Å²) in [6.45, 7) is 6.16. The summed E-state index contributed by atoms with van der Waals surface area (Å²) in [5.41, 5.74) is 3.44. The Labute approximate surface area is 183 Å².